The molecular weight excluding hydrogens is 190 g/mol. The van der Waals surface area contributed by atoms with Gasteiger partial charge in [0.1, 0.15) is 0 Å². The molecule has 0 radical (unpaired) electrons. The third-order valence-electron chi connectivity index (χ3n) is 2.55. The highest BCUT2D eigenvalue weighted by molar-refractivity contribution is 4.98. The van der Waals surface area contributed by atoms with Gasteiger partial charge in [-0.1, -0.05) is 13.8 Å². The van der Waals surface area contributed by atoms with Crippen molar-refractivity contribution in [3.63, 3.8) is 0 Å². The lowest BCUT2D eigenvalue weighted by molar-refractivity contribution is 0.237. The minimum atomic E-state index is 0.190. The van der Waals surface area contributed by atoms with Gasteiger partial charge in [0.15, 0.2) is 0 Å². The van der Waals surface area contributed by atoms with Crippen molar-refractivity contribution < 1.29 is 5.11 Å². The van der Waals surface area contributed by atoms with Crippen LogP contribution in [0.25, 0.3) is 0 Å². The van der Waals surface area contributed by atoms with Gasteiger partial charge in [0.25, 0.3) is 0 Å². The van der Waals surface area contributed by atoms with Crippen molar-refractivity contribution in [2.75, 3.05) is 6.61 Å². The number of aliphatic hydroxyl groups excluding tert-OH is 1. The summed E-state index contributed by atoms with van der Waals surface area (Å²) in [4.78, 5) is 4.13. The average Bonchev–Trinajstić information content (AvgIpc) is 2.68. The summed E-state index contributed by atoms with van der Waals surface area (Å²) in [7, 11) is 0. The Hall–Kier alpha value is -0.870. The second-order valence-corrected chi connectivity index (χ2v) is 3.75. The second-order valence-electron chi connectivity index (χ2n) is 3.75. The lowest BCUT2D eigenvalue weighted by Crippen LogP contribution is -2.31. The number of hydrogen-bond donors (Lipinski definition) is 2. The molecule has 1 aromatic heterocycles. The van der Waals surface area contributed by atoms with Crippen LogP contribution in [0.1, 0.15) is 32.4 Å². The molecule has 1 heterocycles. The van der Waals surface area contributed by atoms with Gasteiger partial charge >= 0.3 is 0 Å². The maximum Gasteiger partial charge on any atom is 0.0948 e. The molecule has 4 heteroatoms. The highest BCUT2D eigenvalue weighted by Gasteiger charge is 2.05. The van der Waals surface area contributed by atoms with E-state index in [9.17, 15) is 0 Å². The van der Waals surface area contributed by atoms with Gasteiger partial charge in [0.2, 0.25) is 0 Å². The summed E-state index contributed by atoms with van der Waals surface area (Å²) in [5.41, 5.74) is 1.18. The fourth-order valence-corrected chi connectivity index (χ4v) is 1.52. The molecular formula is C11H21N3O. The molecule has 4 nitrogen and oxygen atoms in total. The predicted molar refractivity (Wildman–Crippen MR) is 60.5 cm³/mol. The fourth-order valence-electron chi connectivity index (χ4n) is 1.52. The third-order valence-corrected chi connectivity index (χ3v) is 2.55. The molecule has 86 valence electrons. The van der Waals surface area contributed by atoms with Crippen molar-refractivity contribution >= 4 is 0 Å². The Balaban J connectivity index is 2.45. The Morgan fingerprint density at radius 1 is 1.53 bits per heavy atom. The van der Waals surface area contributed by atoms with E-state index in [0.29, 0.717) is 0 Å². The van der Waals surface area contributed by atoms with E-state index in [1.807, 2.05) is 12.5 Å². The molecule has 0 saturated heterocycles. The number of aliphatic hydroxyl groups is 1. The van der Waals surface area contributed by atoms with Crippen LogP contribution in [-0.4, -0.2) is 27.3 Å². The molecule has 0 amide bonds. The molecule has 15 heavy (non-hydrogen) atoms. The van der Waals surface area contributed by atoms with Crippen molar-refractivity contribution in [2.45, 2.75) is 45.8 Å². The molecule has 2 N–H and O–H groups in total. The summed E-state index contributed by atoms with van der Waals surface area (Å²) in [5.74, 6) is 0. The van der Waals surface area contributed by atoms with Crippen LogP contribution in [0.15, 0.2) is 12.5 Å². The van der Waals surface area contributed by atoms with Crippen molar-refractivity contribution in [1.29, 1.82) is 0 Å². The Labute approximate surface area is 91.3 Å². The predicted octanol–water partition coefficient (Wildman–Crippen LogP) is 1.15. The van der Waals surface area contributed by atoms with Crippen molar-refractivity contribution in [3.8, 4) is 0 Å². The number of hydrogen-bond acceptors (Lipinski definition) is 3. The first-order chi connectivity index (χ1) is 7.31. The van der Waals surface area contributed by atoms with Crippen LogP contribution in [0.5, 0.6) is 0 Å². The van der Waals surface area contributed by atoms with Gasteiger partial charge in [0, 0.05) is 25.3 Å². The van der Waals surface area contributed by atoms with Crippen LogP contribution in [0, 0.1) is 0 Å². The lowest BCUT2D eigenvalue weighted by Gasteiger charge is -2.14. The zero-order valence-electron chi connectivity index (χ0n) is 9.61. The van der Waals surface area contributed by atoms with E-state index in [-0.39, 0.29) is 12.6 Å². The van der Waals surface area contributed by atoms with E-state index in [1.54, 1.807) is 0 Å². The standard InChI is InChI=1S/C11H21N3O/c1-3-5-14-9-12-6-11(14)7-13-10(4-2)8-15/h6,9-10,13,15H,3-5,7-8H2,1-2H3/t10-/m0/s1. The first-order valence-corrected chi connectivity index (χ1v) is 5.65. The number of imidazole rings is 1. The Kier molecular flexibility index (Phi) is 5.36. The minimum absolute atomic E-state index is 0.190. The normalized spacial score (nSPS) is 13.0. The second kappa shape index (κ2) is 6.58. The van der Waals surface area contributed by atoms with E-state index in [2.05, 4.69) is 28.7 Å². The average molecular weight is 211 g/mol. The maximum atomic E-state index is 9.04. The molecule has 0 fully saturated rings. The fraction of sp³-hybridized carbons (Fsp3) is 0.727. The number of aromatic nitrogens is 2. The summed E-state index contributed by atoms with van der Waals surface area (Å²) < 4.78 is 2.15. The summed E-state index contributed by atoms with van der Waals surface area (Å²) in [6, 6.07) is 0.190. The van der Waals surface area contributed by atoms with Gasteiger partial charge in [-0.05, 0) is 12.8 Å². The molecule has 0 aromatic carbocycles. The molecule has 1 aromatic rings. The SMILES string of the molecule is CCCn1cncc1CN[C@@H](CC)CO. The summed E-state index contributed by atoms with van der Waals surface area (Å²) in [5, 5.41) is 12.4. The summed E-state index contributed by atoms with van der Waals surface area (Å²) in [6.45, 7) is 6.20. The van der Waals surface area contributed by atoms with Gasteiger partial charge in [-0.3, -0.25) is 0 Å². The van der Waals surface area contributed by atoms with E-state index in [4.69, 9.17) is 5.11 Å². The monoisotopic (exact) mass is 211 g/mol. The number of aryl methyl sites for hydroxylation is 1. The van der Waals surface area contributed by atoms with E-state index < -0.39 is 0 Å². The van der Waals surface area contributed by atoms with Gasteiger partial charge in [-0.25, -0.2) is 4.98 Å². The van der Waals surface area contributed by atoms with Gasteiger partial charge in [-0.2, -0.15) is 0 Å². The Bertz CT molecular complexity index is 269. The third kappa shape index (κ3) is 3.64. The van der Waals surface area contributed by atoms with Gasteiger partial charge < -0.3 is 15.0 Å². The largest absolute Gasteiger partial charge is 0.395 e. The zero-order chi connectivity index (χ0) is 11.1. The molecule has 0 aliphatic carbocycles. The highest BCUT2D eigenvalue weighted by atomic mass is 16.3. The van der Waals surface area contributed by atoms with Crippen molar-refractivity contribution in [2.24, 2.45) is 0 Å². The molecule has 0 aliphatic rings. The topological polar surface area (TPSA) is 50.1 Å². The molecule has 0 unspecified atom stereocenters. The number of rotatable bonds is 7. The first-order valence-electron chi connectivity index (χ1n) is 5.65. The summed E-state index contributed by atoms with van der Waals surface area (Å²) in [6.07, 6.45) is 5.80. The van der Waals surface area contributed by atoms with Crippen LogP contribution < -0.4 is 5.32 Å². The van der Waals surface area contributed by atoms with Crippen LogP contribution in [0.2, 0.25) is 0 Å². The van der Waals surface area contributed by atoms with Crippen LogP contribution in [-0.2, 0) is 13.1 Å². The van der Waals surface area contributed by atoms with E-state index in [0.717, 1.165) is 25.9 Å². The molecule has 0 saturated carbocycles. The van der Waals surface area contributed by atoms with Gasteiger partial charge in [-0.15, -0.1) is 0 Å². The van der Waals surface area contributed by atoms with Crippen LogP contribution >= 0.6 is 0 Å². The molecule has 1 atom stereocenters. The van der Waals surface area contributed by atoms with Crippen molar-refractivity contribution in [1.82, 2.24) is 14.9 Å². The number of nitrogens with zero attached hydrogens (tertiary/aromatic N) is 2. The molecule has 0 spiro atoms. The maximum absolute atomic E-state index is 9.04. The Morgan fingerprint density at radius 3 is 2.93 bits per heavy atom. The minimum Gasteiger partial charge on any atom is -0.395 e. The lowest BCUT2D eigenvalue weighted by atomic mass is 10.2. The molecule has 1 rings (SSSR count). The van der Waals surface area contributed by atoms with Crippen LogP contribution in [0.4, 0.5) is 0 Å². The van der Waals surface area contributed by atoms with E-state index in [1.165, 1.54) is 5.69 Å². The molecule has 0 aliphatic heterocycles. The van der Waals surface area contributed by atoms with Gasteiger partial charge in [0.05, 0.1) is 18.6 Å². The Morgan fingerprint density at radius 2 is 2.33 bits per heavy atom. The first kappa shape index (κ1) is 12.2. The number of nitrogens with one attached hydrogen (secondary N) is 1. The van der Waals surface area contributed by atoms with E-state index >= 15 is 0 Å². The summed E-state index contributed by atoms with van der Waals surface area (Å²) >= 11 is 0. The van der Waals surface area contributed by atoms with Crippen molar-refractivity contribution in [3.05, 3.63) is 18.2 Å². The zero-order valence-corrected chi connectivity index (χ0v) is 9.61. The molecule has 0 bridgehead atoms. The quantitative estimate of drug-likeness (QED) is 0.711. The smallest absolute Gasteiger partial charge is 0.0948 e. The highest BCUT2D eigenvalue weighted by Crippen LogP contribution is 2.01. The van der Waals surface area contributed by atoms with Crippen LogP contribution in [0.3, 0.4) is 0 Å².